The van der Waals surface area contributed by atoms with E-state index >= 15 is 0 Å². The van der Waals surface area contributed by atoms with Crippen LogP contribution in [0.5, 0.6) is 0 Å². The molecule has 0 fully saturated rings. The lowest BCUT2D eigenvalue weighted by molar-refractivity contribution is 1.03. The number of pyridine rings is 2. The number of nitrogens with zero attached hydrogens (tertiary/aromatic N) is 3. The van der Waals surface area contributed by atoms with Gasteiger partial charge in [-0.2, -0.15) is 0 Å². The normalized spacial score (nSPS) is 11.2. The number of aryl methyl sites for hydroxylation is 2. The summed E-state index contributed by atoms with van der Waals surface area (Å²) in [5.74, 6) is 0.873. The van der Waals surface area contributed by atoms with E-state index in [1.54, 1.807) is 0 Å². The Bertz CT molecular complexity index is 1400. The molecule has 0 saturated heterocycles. The minimum absolute atomic E-state index is 0.660. The molecule has 3 heterocycles. The summed E-state index contributed by atoms with van der Waals surface area (Å²) in [6, 6.07) is 24.3. The molecule has 0 aliphatic heterocycles. The first-order valence-corrected chi connectivity index (χ1v) is 10.6. The summed E-state index contributed by atoms with van der Waals surface area (Å²) in [6.07, 6.45) is 0.660. The summed E-state index contributed by atoms with van der Waals surface area (Å²) < 4.78 is 0. The van der Waals surface area contributed by atoms with Crippen LogP contribution in [0.1, 0.15) is 22.8 Å². The minimum atomic E-state index is 0.660. The van der Waals surface area contributed by atoms with Gasteiger partial charge in [0, 0.05) is 33.8 Å². The van der Waals surface area contributed by atoms with Crippen LogP contribution in [0, 0.1) is 13.8 Å². The van der Waals surface area contributed by atoms with Crippen LogP contribution in [0.4, 0.5) is 0 Å². The Hall–Kier alpha value is -3.50. The van der Waals surface area contributed by atoms with Crippen molar-refractivity contribution in [3.8, 4) is 22.6 Å². The van der Waals surface area contributed by atoms with E-state index in [0.29, 0.717) is 6.42 Å². The third-order valence-corrected chi connectivity index (χ3v) is 5.49. The number of hydrogen-bond donors (Lipinski definition) is 1. The standard InChI is InChI=1S/C26H21ClN4/c1-16-5-3-8-23(29-16)26-25(20-11-12-22-19(15-20)10-9-17(2)28-22)30-24(31-26)14-18-6-4-7-21(27)13-18/h3-13,15H,14H2,1-2H3,(H,30,31). The van der Waals surface area contributed by atoms with E-state index in [9.17, 15) is 0 Å². The molecular weight excluding hydrogens is 404 g/mol. The van der Waals surface area contributed by atoms with Crippen molar-refractivity contribution in [1.29, 1.82) is 0 Å². The van der Waals surface area contributed by atoms with Crippen LogP contribution in [-0.4, -0.2) is 19.9 Å². The smallest absolute Gasteiger partial charge is 0.111 e. The fourth-order valence-corrected chi connectivity index (χ4v) is 4.01. The largest absolute Gasteiger partial charge is 0.340 e. The van der Waals surface area contributed by atoms with Gasteiger partial charge in [-0.3, -0.25) is 9.97 Å². The maximum Gasteiger partial charge on any atom is 0.111 e. The molecule has 0 atom stereocenters. The van der Waals surface area contributed by atoms with E-state index in [4.69, 9.17) is 21.6 Å². The monoisotopic (exact) mass is 424 g/mol. The zero-order valence-corrected chi connectivity index (χ0v) is 18.1. The Balaban J connectivity index is 1.64. The second-order valence-electron chi connectivity index (χ2n) is 7.74. The SMILES string of the molecule is Cc1cccc(-c2[nH]c(Cc3cccc(Cl)c3)nc2-c2ccc3nc(C)ccc3c2)n1. The van der Waals surface area contributed by atoms with Gasteiger partial charge in [-0.15, -0.1) is 0 Å². The van der Waals surface area contributed by atoms with E-state index in [1.807, 2.05) is 56.3 Å². The topological polar surface area (TPSA) is 54.5 Å². The molecule has 0 aliphatic rings. The molecule has 3 aromatic heterocycles. The van der Waals surface area contributed by atoms with Gasteiger partial charge in [-0.1, -0.05) is 41.9 Å². The number of benzene rings is 2. The number of aromatic amines is 1. The molecule has 0 unspecified atom stereocenters. The van der Waals surface area contributed by atoms with Gasteiger partial charge in [0.05, 0.1) is 22.6 Å². The fraction of sp³-hybridized carbons (Fsp3) is 0.115. The van der Waals surface area contributed by atoms with E-state index in [2.05, 4.69) is 40.3 Å². The number of halogens is 1. The van der Waals surface area contributed by atoms with Crippen LogP contribution in [0.3, 0.4) is 0 Å². The van der Waals surface area contributed by atoms with Gasteiger partial charge >= 0.3 is 0 Å². The molecule has 5 aromatic rings. The first-order valence-electron chi connectivity index (χ1n) is 10.2. The van der Waals surface area contributed by atoms with Crippen molar-refractivity contribution in [3.63, 3.8) is 0 Å². The maximum atomic E-state index is 6.18. The highest BCUT2D eigenvalue weighted by Crippen LogP contribution is 2.31. The zero-order valence-electron chi connectivity index (χ0n) is 17.4. The number of hydrogen-bond acceptors (Lipinski definition) is 3. The molecule has 1 N–H and O–H groups in total. The number of H-pyrrole nitrogens is 1. The molecule has 152 valence electrons. The van der Waals surface area contributed by atoms with Crippen molar-refractivity contribution < 1.29 is 0 Å². The number of rotatable bonds is 4. The van der Waals surface area contributed by atoms with Crippen molar-refractivity contribution >= 4 is 22.5 Å². The Morgan fingerprint density at radius 3 is 2.48 bits per heavy atom. The average molecular weight is 425 g/mol. The van der Waals surface area contributed by atoms with Crippen LogP contribution in [-0.2, 0) is 6.42 Å². The van der Waals surface area contributed by atoms with Gasteiger partial charge in [-0.25, -0.2) is 4.98 Å². The van der Waals surface area contributed by atoms with Gasteiger partial charge in [0.25, 0.3) is 0 Å². The first kappa shape index (κ1) is 19.5. The second kappa shape index (κ2) is 7.97. The zero-order chi connectivity index (χ0) is 21.4. The van der Waals surface area contributed by atoms with Crippen molar-refractivity contribution in [2.75, 3.05) is 0 Å². The van der Waals surface area contributed by atoms with E-state index in [-0.39, 0.29) is 0 Å². The lowest BCUT2D eigenvalue weighted by atomic mass is 10.0. The lowest BCUT2D eigenvalue weighted by Crippen LogP contribution is -1.91. The molecule has 31 heavy (non-hydrogen) atoms. The van der Waals surface area contributed by atoms with Crippen molar-refractivity contribution in [2.24, 2.45) is 0 Å². The molecule has 0 bridgehead atoms. The molecule has 2 aromatic carbocycles. The van der Waals surface area contributed by atoms with Crippen LogP contribution in [0.2, 0.25) is 5.02 Å². The van der Waals surface area contributed by atoms with Gasteiger partial charge in [-0.05, 0) is 61.9 Å². The number of fused-ring (bicyclic) bond motifs is 1. The Morgan fingerprint density at radius 2 is 1.65 bits per heavy atom. The summed E-state index contributed by atoms with van der Waals surface area (Å²) in [5, 5.41) is 1.81. The molecule has 0 aliphatic carbocycles. The predicted octanol–water partition coefficient (Wildman–Crippen LogP) is 6.55. The van der Waals surface area contributed by atoms with Crippen LogP contribution in [0.15, 0.2) is 72.8 Å². The second-order valence-corrected chi connectivity index (χ2v) is 8.17. The molecule has 0 spiro atoms. The van der Waals surface area contributed by atoms with E-state index in [1.165, 1.54) is 0 Å². The summed E-state index contributed by atoms with van der Waals surface area (Å²) in [7, 11) is 0. The summed E-state index contributed by atoms with van der Waals surface area (Å²) >= 11 is 6.18. The Morgan fingerprint density at radius 1 is 0.806 bits per heavy atom. The summed E-state index contributed by atoms with van der Waals surface area (Å²) in [5.41, 5.74) is 7.77. The number of imidazole rings is 1. The van der Waals surface area contributed by atoms with E-state index < -0.39 is 0 Å². The van der Waals surface area contributed by atoms with Crippen molar-refractivity contribution in [1.82, 2.24) is 19.9 Å². The predicted molar refractivity (Wildman–Crippen MR) is 126 cm³/mol. The third kappa shape index (κ3) is 4.07. The molecule has 0 saturated carbocycles. The average Bonchev–Trinajstić information content (AvgIpc) is 3.17. The number of aromatic nitrogens is 4. The van der Waals surface area contributed by atoms with E-state index in [0.717, 1.165) is 61.3 Å². The van der Waals surface area contributed by atoms with Gasteiger partial charge in [0.1, 0.15) is 5.82 Å². The summed E-state index contributed by atoms with van der Waals surface area (Å²) in [4.78, 5) is 17.8. The molecular formula is C26H21ClN4. The Labute approximate surface area is 186 Å². The van der Waals surface area contributed by atoms with Gasteiger partial charge < -0.3 is 4.98 Å². The molecule has 5 heteroatoms. The molecule has 5 rings (SSSR count). The van der Waals surface area contributed by atoms with Crippen molar-refractivity contribution in [2.45, 2.75) is 20.3 Å². The van der Waals surface area contributed by atoms with Crippen LogP contribution >= 0.6 is 11.6 Å². The summed E-state index contributed by atoms with van der Waals surface area (Å²) in [6.45, 7) is 4.00. The van der Waals surface area contributed by atoms with Gasteiger partial charge in [0.2, 0.25) is 0 Å². The highest BCUT2D eigenvalue weighted by atomic mass is 35.5. The van der Waals surface area contributed by atoms with Crippen LogP contribution in [0.25, 0.3) is 33.5 Å². The minimum Gasteiger partial charge on any atom is -0.340 e. The first-order chi connectivity index (χ1) is 15.0. The third-order valence-electron chi connectivity index (χ3n) is 5.26. The molecule has 0 amide bonds. The number of nitrogens with one attached hydrogen (secondary N) is 1. The molecule has 0 radical (unpaired) electrons. The van der Waals surface area contributed by atoms with Crippen LogP contribution < -0.4 is 0 Å². The fourth-order valence-electron chi connectivity index (χ4n) is 3.80. The Kier molecular flexibility index (Phi) is 5.00. The highest BCUT2D eigenvalue weighted by molar-refractivity contribution is 6.30. The maximum absolute atomic E-state index is 6.18. The molecule has 4 nitrogen and oxygen atoms in total. The quantitative estimate of drug-likeness (QED) is 0.356. The van der Waals surface area contributed by atoms with Gasteiger partial charge in [0.15, 0.2) is 0 Å². The van der Waals surface area contributed by atoms with Crippen molar-refractivity contribution in [3.05, 3.63) is 101 Å². The lowest BCUT2D eigenvalue weighted by Gasteiger charge is -2.05. The highest BCUT2D eigenvalue weighted by Gasteiger charge is 2.16.